The molecule has 0 bridgehead atoms. The van der Waals surface area contributed by atoms with Crippen molar-refractivity contribution in [3.8, 4) is 5.75 Å². The number of hydrogen-bond acceptors (Lipinski definition) is 3. The summed E-state index contributed by atoms with van der Waals surface area (Å²) >= 11 is 0. The number of hydrogen-bond donors (Lipinski definition) is 1. The molecule has 1 N–H and O–H groups in total. The smallest absolute Gasteiger partial charge is 0.416 e. The van der Waals surface area contributed by atoms with Gasteiger partial charge in [0.05, 0.1) is 12.7 Å². The molecule has 0 atom stereocenters. The van der Waals surface area contributed by atoms with Gasteiger partial charge in [-0.25, -0.2) is 0 Å². The van der Waals surface area contributed by atoms with Gasteiger partial charge in [-0.2, -0.15) is 13.2 Å². The molecule has 3 rings (SSSR count). The van der Waals surface area contributed by atoms with E-state index in [1.807, 2.05) is 18.2 Å². The van der Waals surface area contributed by atoms with Crippen LogP contribution in [0.25, 0.3) is 11.6 Å². The second-order valence-corrected chi connectivity index (χ2v) is 6.37. The lowest BCUT2D eigenvalue weighted by Gasteiger charge is -2.22. The van der Waals surface area contributed by atoms with Crippen LogP contribution in [-0.2, 0) is 11.0 Å². The number of ether oxygens (including phenoxy) is 1. The van der Waals surface area contributed by atoms with E-state index in [9.17, 15) is 18.0 Å². The van der Waals surface area contributed by atoms with Gasteiger partial charge in [0, 0.05) is 47.2 Å². The Morgan fingerprint density at radius 1 is 1.11 bits per heavy atom. The Hall–Kier alpha value is -2.96. The molecule has 1 aliphatic rings. The fourth-order valence-corrected chi connectivity index (χ4v) is 3.27. The number of fused-ring (bicyclic) bond motifs is 1. The Morgan fingerprint density at radius 2 is 1.82 bits per heavy atom. The molecule has 148 valence electrons. The van der Waals surface area contributed by atoms with E-state index >= 15 is 0 Å². The zero-order valence-corrected chi connectivity index (χ0v) is 15.9. The van der Waals surface area contributed by atoms with E-state index in [1.54, 1.807) is 13.2 Å². The molecule has 0 saturated carbocycles. The average Bonchev–Trinajstić information content (AvgIpc) is 2.97. The van der Waals surface area contributed by atoms with Crippen molar-refractivity contribution in [1.29, 1.82) is 0 Å². The zero-order chi connectivity index (χ0) is 20.5. The summed E-state index contributed by atoms with van der Waals surface area (Å²) in [4.78, 5) is 14.5. The van der Waals surface area contributed by atoms with E-state index in [1.165, 1.54) is 6.07 Å². The van der Waals surface area contributed by atoms with E-state index in [2.05, 4.69) is 24.1 Å². The van der Waals surface area contributed by atoms with Crippen LogP contribution in [0.15, 0.2) is 36.4 Å². The third-order valence-electron chi connectivity index (χ3n) is 4.78. The van der Waals surface area contributed by atoms with Gasteiger partial charge in [-0.15, -0.1) is 0 Å². The Labute approximate surface area is 161 Å². The van der Waals surface area contributed by atoms with Gasteiger partial charge in [0.25, 0.3) is 5.91 Å². The molecular weight excluding hydrogens is 369 g/mol. The molecule has 7 heteroatoms. The number of anilines is 2. The fourth-order valence-electron chi connectivity index (χ4n) is 3.27. The quantitative estimate of drug-likeness (QED) is 0.726. The summed E-state index contributed by atoms with van der Waals surface area (Å²) < 4.78 is 44.2. The first-order chi connectivity index (χ1) is 13.3. The SMILES string of the molecule is CCN(CC)c1ccc(/C=C2/C(=O)Nc3cc(C(F)(F)F)ccc32)c(OC)c1. The molecule has 1 amide bonds. The number of amides is 1. The van der Waals surface area contributed by atoms with Crippen molar-refractivity contribution in [2.75, 3.05) is 30.4 Å². The monoisotopic (exact) mass is 390 g/mol. The van der Waals surface area contributed by atoms with Crippen molar-refractivity contribution in [1.82, 2.24) is 0 Å². The van der Waals surface area contributed by atoms with Crippen LogP contribution in [0, 0.1) is 0 Å². The maximum Gasteiger partial charge on any atom is 0.416 e. The van der Waals surface area contributed by atoms with Gasteiger partial charge in [0.15, 0.2) is 0 Å². The molecule has 0 saturated heterocycles. The summed E-state index contributed by atoms with van der Waals surface area (Å²) in [5.41, 5.74) is 1.77. The van der Waals surface area contributed by atoms with Crippen molar-refractivity contribution >= 4 is 28.9 Å². The molecule has 1 heterocycles. The maximum atomic E-state index is 12.9. The zero-order valence-electron chi connectivity index (χ0n) is 15.9. The van der Waals surface area contributed by atoms with E-state index in [0.717, 1.165) is 30.9 Å². The Balaban J connectivity index is 2.02. The van der Waals surface area contributed by atoms with E-state index in [-0.39, 0.29) is 5.69 Å². The van der Waals surface area contributed by atoms with E-state index < -0.39 is 17.6 Å². The van der Waals surface area contributed by atoms with Gasteiger partial charge in [0.1, 0.15) is 5.75 Å². The standard InChI is InChI=1S/C21H21F3N2O2/c1-4-26(5-2)15-8-6-13(19(12-15)28-3)10-17-16-9-7-14(21(22,23)24)11-18(16)25-20(17)27/h6-12H,4-5H2,1-3H3,(H,25,27)/b17-10+. The Morgan fingerprint density at radius 3 is 2.43 bits per heavy atom. The average molecular weight is 390 g/mol. The van der Waals surface area contributed by atoms with E-state index in [0.29, 0.717) is 22.4 Å². The van der Waals surface area contributed by atoms with Crippen LogP contribution in [0.1, 0.15) is 30.5 Å². The Kier molecular flexibility index (Phi) is 5.36. The number of nitrogens with one attached hydrogen (secondary N) is 1. The third-order valence-corrected chi connectivity index (χ3v) is 4.78. The summed E-state index contributed by atoms with van der Waals surface area (Å²) in [6.07, 6.45) is -2.82. The number of carbonyl (C=O) groups excluding carboxylic acids is 1. The molecule has 1 aliphatic heterocycles. The molecule has 28 heavy (non-hydrogen) atoms. The first kappa shape index (κ1) is 19.8. The number of alkyl halides is 3. The van der Waals surface area contributed by atoms with Crippen molar-refractivity contribution < 1.29 is 22.7 Å². The summed E-state index contributed by atoms with van der Waals surface area (Å²) in [5, 5.41) is 2.51. The van der Waals surface area contributed by atoms with Crippen molar-refractivity contribution in [2.24, 2.45) is 0 Å². The Bertz CT molecular complexity index is 932. The lowest BCUT2D eigenvalue weighted by atomic mass is 10.0. The van der Waals surface area contributed by atoms with Gasteiger partial charge < -0.3 is 15.0 Å². The maximum absolute atomic E-state index is 12.9. The van der Waals surface area contributed by atoms with Gasteiger partial charge in [-0.1, -0.05) is 6.07 Å². The van der Waals surface area contributed by atoms with Crippen molar-refractivity contribution in [3.05, 3.63) is 53.1 Å². The minimum atomic E-state index is -4.46. The second-order valence-electron chi connectivity index (χ2n) is 6.37. The highest BCUT2D eigenvalue weighted by Gasteiger charge is 2.33. The molecule has 0 radical (unpaired) electrons. The molecule has 0 unspecified atom stereocenters. The number of benzene rings is 2. The predicted octanol–water partition coefficient (Wildman–Crippen LogP) is 5.05. The van der Waals surface area contributed by atoms with Crippen LogP contribution < -0.4 is 15.0 Å². The number of nitrogens with zero attached hydrogens (tertiary/aromatic N) is 1. The largest absolute Gasteiger partial charge is 0.496 e. The van der Waals surface area contributed by atoms with Crippen LogP contribution in [-0.4, -0.2) is 26.1 Å². The number of rotatable bonds is 5. The number of halogens is 3. The summed E-state index contributed by atoms with van der Waals surface area (Å²) in [6, 6.07) is 8.91. The minimum Gasteiger partial charge on any atom is -0.496 e. The fraction of sp³-hybridized carbons (Fsp3) is 0.286. The second kappa shape index (κ2) is 7.58. The summed E-state index contributed by atoms with van der Waals surface area (Å²) in [5.74, 6) is 0.147. The third kappa shape index (κ3) is 3.69. The number of carbonyl (C=O) groups is 1. The van der Waals surface area contributed by atoms with E-state index in [4.69, 9.17) is 4.74 Å². The molecule has 0 aliphatic carbocycles. The lowest BCUT2D eigenvalue weighted by molar-refractivity contribution is -0.137. The molecule has 2 aromatic rings. The highest BCUT2D eigenvalue weighted by atomic mass is 19.4. The summed E-state index contributed by atoms with van der Waals surface area (Å²) in [7, 11) is 1.54. The molecule has 2 aromatic carbocycles. The van der Waals surface area contributed by atoms with Crippen LogP contribution >= 0.6 is 0 Å². The number of methoxy groups -OCH3 is 1. The van der Waals surface area contributed by atoms with Crippen molar-refractivity contribution in [2.45, 2.75) is 20.0 Å². The van der Waals surface area contributed by atoms with Gasteiger partial charge in [-0.3, -0.25) is 4.79 Å². The van der Waals surface area contributed by atoms with Crippen LogP contribution in [0.4, 0.5) is 24.5 Å². The first-order valence-corrected chi connectivity index (χ1v) is 8.96. The van der Waals surface area contributed by atoms with Gasteiger partial charge >= 0.3 is 6.18 Å². The van der Waals surface area contributed by atoms with Gasteiger partial charge in [-0.05, 0) is 44.2 Å². The van der Waals surface area contributed by atoms with Crippen LogP contribution in [0.2, 0.25) is 0 Å². The summed E-state index contributed by atoms with van der Waals surface area (Å²) in [6.45, 7) is 5.80. The van der Waals surface area contributed by atoms with Crippen LogP contribution in [0.5, 0.6) is 5.75 Å². The van der Waals surface area contributed by atoms with Crippen molar-refractivity contribution in [3.63, 3.8) is 0 Å². The molecule has 0 aromatic heterocycles. The normalized spacial score (nSPS) is 14.8. The van der Waals surface area contributed by atoms with Gasteiger partial charge in [0.2, 0.25) is 0 Å². The molecule has 0 fully saturated rings. The molecule has 0 spiro atoms. The highest BCUT2D eigenvalue weighted by Crippen LogP contribution is 2.39. The molecule has 4 nitrogen and oxygen atoms in total. The lowest BCUT2D eigenvalue weighted by Crippen LogP contribution is -2.21. The molecular formula is C21H21F3N2O2. The minimum absolute atomic E-state index is 0.157. The predicted molar refractivity (Wildman–Crippen MR) is 104 cm³/mol. The highest BCUT2D eigenvalue weighted by molar-refractivity contribution is 6.35. The first-order valence-electron chi connectivity index (χ1n) is 8.96. The van der Waals surface area contributed by atoms with Crippen LogP contribution in [0.3, 0.4) is 0 Å². The topological polar surface area (TPSA) is 41.6 Å².